The lowest BCUT2D eigenvalue weighted by Gasteiger charge is -2.17. The lowest BCUT2D eigenvalue weighted by atomic mass is 9.93. The smallest absolute Gasteiger partial charge is 0.340 e. The summed E-state index contributed by atoms with van der Waals surface area (Å²) in [6.45, 7) is 6.11. The number of benzene rings is 1. The largest absolute Gasteiger partial charge is 0.497 e. The van der Waals surface area contributed by atoms with E-state index in [9.17, 15) is 4.79 Å². The first-order valence-electron chi connectivity index (χ1n) is 8.84. The number of ether oxygens (including phenoxy) is 3. The molecule has 0 bridgehead atoms. The number of thiophene rings is 1. The minimum absolute atomic E-state index is 0.103. The maximum atomic E-state index is 12.9. The molecule has 148 valence electrons. The predicted octanol–water partition coefficient (Wildman–Crippen LogP) is 5.51. The number of nitrogens with zero attached hydrogens (tertiary/aromatic N) is 1. The highest BCUT2D eigenvalue weighted by Gasteiger charge is 2.27. The topological polar surface area (TPSA) is 57.7 Å². The summed E-state index contributed by atoms with van der Waals surface area (Å²) in [6, 6.07) is 5.53. The number of fused-ring (bicyclic) bond motifs is 1. The minimum Gasteiger partial charge on any atom is -0.497 e. The van der Waals surface area contributed by atoms with E-state index in [0.29, 0.717) is 22.8 Å². The molecule has 0 amide bonds. The lowest BCUT2D eigenvalue weighted by Crippen LogP contribution is -2.12. The molecule has 0 aliphatic heterocycles. The van der Waals surface area contributed by atoms with Crippen LogP contribution in [0.15, 0.2) is 18.2 Å². The van der Waals surface area contributed by atoms with Crippen molar-refractivity contribution in [2.45, 2.75) is 26.7 Å². The second-order valence-corrected chi connectivity index (χ2v) is 7.66. The molecule has 0 radical (unpaired) electrons. The van der Waals surface area contributed by atoms with Crippen LogP contribution in [0.2, 0.25) is 0 Å². The normalized spacial score (nSPS) is 10.9. The maximum Gasteiger partial charge on any atom is 0.340 e. The Balaban J connectivity index is 2.48. The highest BCUT2D eigenvalue weighted by molar-refractivity contribution is 7.18. The van der Waals surface area contributed by atoms with Crippen molar-refractivity contribution in [1.29, 1.82) is 0 Å². The van der Waals surface area contributed by atoms with Gasteiger partial charge in [-0.1, -0.05) is 0 Å². The quantitative estimate of drug-likeness (QED) is 0.389. The van der Waals surface area contributed by atoms with Gasteiger partial charge in [-0.05, 0) is 38.5 Å². The molecule has 0 aliphatic rings. The zero-order valence-corrected chi connectivity index (χ0v) is 18.1. The first-order chi connectivity index (χ1) is 13.5. The Morgan fingerprint density at radius 1 is 1.21 bits per heavy atom. The van der Waals surface area contributed by atoms with Crippen LogP contribution in [0.25, 0.3) is 21.3 Å². The number of rotatable bonds is 6. The lowest BCUT2D eigenvalue weighted by molar-refractivity contribution is 0.0526. The molecule has 2 aromatic heterocycles. The average molecular weight is 420 g/mol. The number of carbonyl (C=O) groups is 1. The molecular formula is C21H22ClNO4S. The summed E-state index contributed by atoms with van der Waals surface area (Å²) in [4.78, 5) is 19.6. The molecule has 2 heterocycles. The number of halogens is 1. The SMILES string of the molecule is CCOC(=O)c1c(CCl)nc2sc(C)c(C)c2c1-c1ccc(OC)cc1OC. The van der Waals surface area contributed by atoms with Crippen molar-refractivity contribution in [2.24, 2.45) is 0 Å². The van der Waals surface area contributed by atoms with E-state index in [0.717, 1.165) is 31.8 Å². The summed E-state index contributed by atoms with van der Waals surface area (Å²) in [5.74, 6) is 0.926. The van der Waals surface area contributed by atoms with E-state index in [2.05, 4.69) is 4.98 Å². The Kier molecular flexibility index (Phi) is 6.10. The summed E-state index contributed by atoms with van der Waals surface area (Å²) in [7, 11) is 3.19. The summed E-state index contributed by atoms with van der Waals surface area (Å²) in [5.41, 5.74) is 3.47. The van der Waals surface area contributed by atoms with Crippen LogP contribution in [0, 0.1) is 13.8 Å². The van der Waals surface area contributed by atoms with Crippen molar-refractivity contribution in [1.82, 2.24) is 4.98 Å². The van der Waals surface area contributed by atoms with Crippen LogP contribution < -0.4 is 9.47 Å². The Bertz CT molecular complexity index is 1040. The molecular weight excluding hydrogens is 398 g/mol. The number of alkyl halides is 1. The van der Waals surface area contributed by atoms with Gasteiger partial charge in [0, 0.05) is 27.5 Å². The summed E-state index contributed by atoms with van der Waals surface area (Å²) >= 11 is 7.77. The van der Waals surface area contributed by atoms with Gasteiger partial charge in [0.2, 0.25) is 0 Å². The van der Waals surface area contributed by atoms with Crippen LogP contribution in [0.5, 0.6) is 11.5 Å². The van der Waals surface area contributed by atoms with Crippen molar-refractivity contribution in [3.63, 3.8) is 0 Å². The Labute approximate surface area is 173 Å². The molecule has 0 aliphatic carbocycles. The monoisotopic (exact) mass is 419 g/mol. The number of aryl methyl sites for hydroxylation is 2. The van der Waals surface area contributed by atoms with Crippen LogP contribution >= 0.6 is 22.9 Å². The van der Waals surface area contributed by atoms with Gasteiger partial charge in [0.05, 0.1) is 38.0 Å². The highest BCUT2D eigenvalue weighted by Crippen LogP contribution is 2.44. The molecule has 28 heavy (non-hydrogen) atoms. The second-order valence-electron chi connectivity index (χ2n) is 6.19. The van der Waals surface area contributed by atoms with Crippen LogP contribution in [0.4, 0.5) is 0 Å². The van der Waals surface area contributed by atoms with Crippen molar-refractivity contribution in [3.8, 4) is 22.6 Å². The van der Waals surface area contributed by atoms with Gasteiger partial charge >= 0.3 is 5.97 Å². The van der Waals surface area contributed by atoms with Crippen molar-refractivity contribution >= 4 is 39.1 Å². The number of esters is 1. The zero-order valence-electron chi connectivity index (χ0n) is 16.5. The van der Waals surface area contributed by atoms with E-state index in [1.165, 1.54) is 0 Å². The van der Waals surface area contributed by atoms with E-state index in [4.69, 9.17) is 25.8 Å². The number of hydrogen-bond acceptors (Lipinski definition) is 6. The third kappa shape index (κ3) is 3.42. The molecule has 5 nitrogen and oxygen atoms in total. The molecule has 0 fully saturated rings. The van der Waals surface area contributed by atoms with Crippen LogP contribution in [-0.4, -0.2) is 31.8 Å². The third-order valence-corrected chi connectivity index (χ3v) is 6.03. The fourth-order valence-electron chi connectivity index (χ4n) is 3.22. The number of pyridine rings is 1. The molecule has 3 rings (SSSR count). The van der Waals surface area contributed by atoms with Crippen LogP contribution in [0.3, 0.4) is 0 Å². The zero-order chi connectivity index (χ0) is 20.4. The van der Waals surface area contributed by atoms with E-state index in [-0.39, 0.29) is 12.5 Å². The predicted molar refractivity (Wildman–Crippen MR) is 113 cm³/mol. The molecule has 0 atom stereocenters. The molecule has 1 aromatic carbocycles. The van der Waals surface area contributed by atoms with Gasteiger partial charge < -0.3 is 14.2 Å². The number of methoxy groups -OCH3 is 2. The molecule has 0 spiro atoms. The third-order valence-electron chi connectivity index (χ3n) is 4.68. The average Bonchev–Trinajstić information content (AvgIpc) is 2.99. The standard InChI is InChI=1S/C21H22ClNO4S/c1-6-27-21(24)19-15(10-22)23-20-17(11(2)12(3)28-20)18(19)14-8-7-13(25-4)9-16(14)26-5/h7-9H,6,10H2,1-5H3. The van der Waals surface area contributed by atoms with E-state index >= 15 is 0 Å². The Hall–Kier alpha value is -2.31. The van der Waals surface area contributed by atoms with E-state index < -0.39 is 5.97 Å². The van der Waals surface area contributed by atoms with Gasteiger partial charge in [-0.3, -0.25) is 0 Å². The minimum atomic E-state index is -0.441. The fourth-order valence-corrected chi connectivity index (χ4v) is 4.48. The molecule has 7 heteroatoms. The summed E-state index contributed by atoms with van der Waals surface area (Å²) < 4.78 is 16.3. The number of carbonyl (C=O) groups excluding carboxylic acids is 1. The van der Waals surface area contributed by atoms with Crippen molar-refractivity contribution in [3.05, 3.63) is 39.9 Å². The molecule has 0 unspecified atom stereocenters. The van der Waals surface area contributed by atoms with Crippen molar-refractivity contribution < 1.29 is 19.0 Å². The van der Waals surface area contributed by atoms with Gasteiger partial charge in [-0.2, -0.15) is 0 Å². The second kappa shape index (κ2) is 8.37. The fraction of sp³-hybridized carbons (Fsp3) is 0.333. The van der Waals surface area contributed by atoms with Gasteiger partial charge in [0.1, 0.15) is 16.3 Å². The molecule has 0 N–H and O–H groups in total. The van der Waals surface area contributed by atoms with Gasteiger partial charge in [-0.15, -0.1) is 22.9 Å². The van der Waals surface area contributed by atoms with Gasteiger partial charge in [0.15, 0.2) is 0 Å². The van der Waals surface area contributed by atoms with Crippen LogP contribution in [0.1, 0.15) is 33.4 Å². The van der Waals surface area contributed by atoms with E-state index in [1.807, 2.05) is 26.0 Å². The van der Waals surface area contributed by atoms with Gasteiger partial charge in [-0.25, -0.2) is 9.78 Å². The first-order valence-corrected chi connectivity index (χ1v) is 10.2. The van der Waals surface area contributed by atoms with E-state index in [1.54, 1.807) is 38.5 Å². The van der Waals surface area contributed by atoms with Gasteiger partial charge in [0.25, 0.3) is 0 Å². The highest BCUT2D eigenvalue weighted by atomic mass is 35.5. The van der Waals surface area contributed by atoms with Crippen LogP contribution in [-0.2, 0) is 10.6 Å². The summed E-state index contributed by atoms with van der Waals surface area (Å²) in [6.07, 6.45) is 0. The number of aromatic nitrogens is 1. The first kappa shape index (κ1) is 20.4. The molecule has 0 saturated carbocycles. The Morgan fingerprint density at radius 3 is 2.57 bits per heavy atom. The number of hydrogen-bond donors (Lipinski definition) is 0. The molecule has 3 aromatic rings. The summed E-state index contributed by atoms with van der Waals surface area (Å²) in [5, 5.41) is 0.919. The van der Waals surface area contributed by atoms with Crippen molar-refractivity contribution in [2.75, 3.05) is 20.8 Å². The maximum absolute atomic E-state index is 12.9. The molecule has 0 saturated heterocycles. The Morgan fingerprint density at radius 2 is 1.96 bits per heavy atom.